The molecule has 1 amide bonds. The molecule has 1 saturated heterocycles. The van der Waals surface area contributed by atoms with Gasteiger partial charge in [0.05, 0.1) is 6.54 Å². The first-order valence-corrected chi connectivity index (χ1v) is 8.27. The zero-order valence-corrected chi connectivity index (χ0v) is 13.8. The molecule has 0 aromatic heterocycles. The van der Waals surface area contributed by atoms with Crippen LogP contribution in [0.25, 0.3) is 0 Å². The summed E-state index contributed by atoms with van der Waals surface area (Å²) in [6.07, 6.45) is 3.02. The van der Waals surface area contributed by atoms with Crippen molar-refractivity contribution < 1.29 is 9.90 Å². The van der Waals surface area contributed by atoms with Crippen molar-refractivity contribution in [3.8, 4) is 0 Å². The van der Waals surface area contributed by atoms with E-state index >= 15 is 0 Å². The normalized spacial score (nSPS) is 16.7. The number of nitrogens with zero attached hydrogens (tertiary/aromatic N) is 2. The summed E-state index contributed by atoms with van der Waals surface area (Å²) in [6, 6.07) is 8.48. The highest BCUT2D eigenvalue weighted by Crippen LogP contribution is 2.16. The van der Waals surface area contributed by atoms with E-state index in [4.69, 9.17) is 5.11 Å². The van der Waals surface area contributed by atoms with Gasteiger partial charge in [0.1, 0.15) is 0 Å². The van der Waals surface area contributed by atoms with Gasteiger partial charge in [-0.25, -0.2) is 0 Å². The van der Waals surface area contributed by atoms with Crippen LogP contribution in [0.15, 0.2) is 24.3 Å². The fourth-order valence-electron chi connectivity index (χ4n) is 2.88. The number of aliphatic hydroxyl groups is 1. The molecule has 1 aliphatic heterocycles. The van der Waals surface area contributed by atoms with Crippen molar-refractivity contribution >= 4 is 5.91 Å². The lowest BCUT2D eigenvalue weighted by molar-refractivity contribution is -0.132. The predicted molar refractivity (Wildman–Crippen MR) is 88.5 cm³/mol. The molecule has 4 nitrogen and oxygen atoms in total. The van der Waals surface area contributed by atoms with Crippen LogP contribution in [0.5, 0.6) is 0 Å². The first kappa shape index (κ1) is 17.0. The molecule has 1 aromatic carbocycles. The highest BCUT2D eigenvalue weighted by molar-refractivity contribution is 5.78. The number of piperidine rings is 1. The lowest BCUT2D eigenvalue weighted by atomic mass is 9.98. The quantitative estimate of drug-likeness (QED) is 0.873. The second kappa shape index (κ2) is 8.30. The number of likely N-dealkylation sites (N-methyl/N-ethyl adjacent to an activating group) is 1. The van der Waals surface area contributed by atoms with E-state index in [-0.39, 0.29) is 12.5 Å². The topological polar surface area (TPSA) is 43.8 Å². The molecule has 0 atom stereocenters. The van der Waals surface area contributed by atoms with Gasteiger partial charge in [-0.2, -0.15) is 0 Å². The number of aryl methyl sites for hydroxylation is 1. The number of hydrogen-bond donors (Lipinski definition) is 1. The summed E-state index contributed by atoms with van der Waals surface area (Å²) >= 11 is 0. The lowest BCUT2D eigenvalue weighted by Crippen LogP contribution is -2.42. The number of aliphatic hydroxyl groups excluding tert-OH is 1. The van der Waals surface area contributed by atoms with Crippen molar-refractivity contribution in [1.29, 1.82) is 0 Å². The van der Waals surface area contributed by atoms with E-state index in [0.717, 1.165) is 32.4 Å². The van der Waals surface area contributed by atoms with Gasteiger partial charge in [-0.15, -0.1) is 0 Å². The van der Waals surface area contributed by atoms with Gasteiger partial charge in [0.15, 0.2) is 0 Å². The van der Waals surface area contributed by atoms with Crippen molar-refractivity contribution in [2.45, 2.75) is 32.7 Å². The first-order chi connectivity index (χ1) is 10.6. The minimum Gasteiger partial charge on any atom is -0.396 e. The third kappa shape index (κ3) is 4.82. The minimum atomic E-state index is 0.169. The average Bonchev–Trinajstić information content (AvgIpc) is 2.56. The van der Waals surface area contributed by atoms with Crippen molar-refractivity contribution in [2.24, 2.45) is 5.92 Å². The molecule has 1 aromatic rings. The number of carbonyl (C=O) groups excluding carboxylic acids is 1. The molecule has 122 valence electrons. The number of likely N-dealkylation sites (tertiary alicyclic amines) is 1. The Morgan fingerprint density at radius 3 is 2.36 bits per heavy atom. The third-order valence-electron chi connectivity index (χ3n) is 4.60. The molecule has 0 radical (unpaired) electrons. The predicted octanol–water partition coefficient (Wildman–Crippen LogP) is 1.91. The summed E-state index contributed by atoms with van der Waals surface area (Å²) in [5.41, 5.74) is 2.50. The van der Waals surface area contributed by atoms with Gasteiger partial charge >= 0.3 is 0 Å². The van der Waals surface area contributed by atoms with E-state index in [1.807, 2.05) is 7.05 Å². The Labute approximate surface area is 133 Å². The molecule has 4 heteroatoms. The SMILES string of the molecule is CCc1ccc(CN(C)C(=O)CN2CCC(CO)CC2)cc1. The molecule has 1 fully saturated rings. The Morgan fingerprint density at radius 2 is 1.82 bits per heavy atom. The molecule has 1 aliphatic rings. The fourth-order valence-corrected chi connectivity index (χ4v) is 2.88. The lowest BCUT2D eigenvalue weighted by Gasteiger charge is -2.31. The van der Waals surface area contributed by atoms with Crippen LogP contribution >= 0.6 is 0 Å². The van der Waals surface area contributed by atoms with Crippen molar-refractivity contribution in [1.82, 2.24) is 9.80 Å². The maximum atomic E-state index is 12.3. The first-order valence-electron chi connectivity index (χ1n) is 8.27. The molecule has 1 N–H and O–H groups in total. The van der Waals surface area contributed by atoms with Crippen LogP contribution in [-0.2, 0) is 17.8 Å². The Kier molecular flexibility index (Phi) is 6.40. The Morgan fingerprint density at radius 1 is 1.23 bits per heavy atom. The summed E-state index contributed by atoms with van der Waals surface area (Å²) < 4.78 is 0. The highest BCUT2D eigenvalue weighted by Gasteiger charge is 2.21. The van der Waals surface area contributed by atoms with E-state index in [1.54, 1.807) is 4.90 Å². The van der Waals surface area contributed by atoms with E-state index in [1.165, 1.54) is 11.1 Å². The van der Waals surface area contributed by atoms with Gasteiger partial charge in [0.25, 0.3) is 0 Å². The van der Waals surface area contributed by atoms with Crippen LogP contribution in [0.4, 0.5) is 0 Å². The van der Waals surface area contributed by atoms with Crippen LogP contribution in [0, 0.1) is 5.92 Å². The van der Waals surface area contributed by atoms with E-state index in [0.29, 0.717) is 19.0 Å². The summed E-state index contributed by atoms with van der Waals surface area (Å²) in [7, 11) is 1.87. The van der Waals surface area contributed by atoms with Crippen LogP contribution in [-0.4, -0.2) is 54.1 Å². The summed E-state index contributed by atoms with van der Waals surface area (Å²) in [5, 5.41) is 9.16. The number of carbonyl (C=O) groups is 1. The van der Waals surface area contributed by atoms with Gasteiger partial charge in [-0.1, -0.05) is 31.2 Å². The number of benzene rings is 1. The van der Waals surface area contributed by atoms with E-state index in [2.05, 4.69) is 36.1 Å². The van der Waals surface area contributed by atoms with Crippen LogP contribution in [0.1, 0.15) is 30.9 Å². The van der Waals surface area contributed by atoms with Gasteiger partial charge in [-0.05, 0) is 49.4 Å². The standard InChI is InChI=1S/C18H28N2O2/c1-3-15-4-6-16(7-5-15)12-19(2)18(22)13-20-10-8-17(14-21)9-11-20/h4-7,17,21H,3,8-14H2,1-2H3. The number of amides is 1. The van der Waals surface area contributed by atoms with Gasteiger partial charge < -0.3 is 10.0 Å². The van der Waals surface area contributed by atoms with Crippen molar-refractivity contribution in [3.63, 3.8) is 0 Å². The molecule has 0 aliphatic carbocycles. The Hall–Kier alpha value is -1.39. The molecule has 2 rings (SSSR count). The number of rotatable bonds is 6. The minimum absolute atomic E-state index is 0.169. The number of hydrogen-bond acceptors (Lipinski definition) is 3. The van der Waals surface area contributed by atoms with Crippen molar-refractivity contribution in [3.05, 3.63) is 35.4 Å². The van der Waals surface area contributed by atoms with Crippen LogP contribution in [0.2, 0.25) is 0 Å². The van der Waals surface area contributed by atoms with Crippen LogP contribution in [0.3, 0.4) is 0 Å². The Balaban J connectivity index is 1.79. The Bertz CT molecular complexity index is 464. The molecular formula is C18H28N2O2. The molecular weight excluding hydrogens is 276 g/mol. The summed E-state index contributed by atoms with van der Waals surface area (Å²) in [6.45, 7) is 5.39. The highest BCUT2D eigenvalue weighted by atomic mass is 16.3. The second-order valence-corrected chi connectivity index (χ2v) is 6.32. The van der Waals surface area contributed by atoms with Crippen LogP contribution < -0.4 is 0 Å². The average molecular weight is 304 g/mol. The van der Waals surface area contributed by atoms with E-state index in [9.17, 15) is 4.79 Å². The summed E-state index contributed by atoms with van der Waals surface area (Å²) in [5.74, 6) is 0.586. The monoisotopic (exact) mass is 304 g/mol. The smallest absolute Gasteiger partial charge is 0.236 e. The molecule has 0 unspecified atom stereocenters. The zero-order valence-electron chi connectivity index (χ0n) is 13.8. The van der Waals surface area contributed by atoms with Gasteiger partial charge in [0.2, 0.25) is 5.91 Å². The summed E-state index contributed by atoms with van der Waals surface area (Å²) in [4.78, 5) is 16.3. The van der Waals surface area contributed by atoms with Gasteiger partial charge in [0, 0.05) is 20.2 Å². The largest absolute Gasteiger partial charge is 0.396 e. The third-order valence-corrected chi connectivity index (χ3v) is 4.60. The second-order valence-electron chi connectivity index (χ2n) is 6.32. The maximum Gasteiger partial charge on any atom is 0.236 e. The molecule has 1 heterocycles. The zero-order chi connectivity index (χ0) is 15.9. The van der Waals surface area contributed by atoms with E-state index < -0.39 is 0 Å². The maximum absolute atomic E-state index is 12.3. The molecule has 22 heavy (non-hydrogen) atoms. The van der Waals surface area contributed by atoms with Crippen molar-refractivity contribution in [2.75, 3.05) is 33.3 Å². The molecule has 0 spiro atoms. The molecule has 0 bridgehead atoms. The fraction of sp³-hybridized carbons (Fsp3) is 0.611. The molecule has 0 saturated carbocycles. The van der Waals surface area contributed by atoms with Gasteiger partial charge in [-0.3, -0.25) is 9.69 Å².